The Morgan fingerprint density at radius 3 is 1.91 bits per heavy atom. The summed E-state index contributed by atoms with van der Waals surface area (Å²) in [6.07, 6.45) is 0. The summed E-state index contributed by atoms with van der Waals surface area (Å²) in [4.78, 5) is 12.2. The summed E-state index contributed by atoms with van der Waals surface area (Å²) >= 11 is 0. The second-order valence-electron chi connectivity index (χ2n) is 5.10. The summed E-state index contributed by atoms with van der Waals surface area (Å²) in [7, 11) is -0.952. The van der Waals surface area contributed by atoms with Crippen LogP contribution >= 0.6 is 8.69 Å². The zero-order valence-electron chi connectivity index (χ0n) is 12.8. The molecule has 0 heterocycles. The van der Waals surface area contributed by atoms with Gasteiger partial charge in [-0.1, -0.05) is 67.2 Å². The minimum atomic E-state index is -1.18. The van der Waals surface area contributed by atoms with Crippen LogP contribution in [0.1, 0.15) is 18.1 Å². The first-order chi connectivity index (χ1) is 11.1. The Kier molecular flexibility index (Phi) is 5.80. The molecule has 2 aromatic rings. The molecule has 1 unspecified atom stereocenters. The molecule has 5 heteroatoms. The smallest absolute Gasteiger partial charge is 0.443 e. The zero-order chi connectivity index (χ0) is 16.7. The van der Waals surface area contributed by atoms with Crippen molar-refractivity contribution < 1.29 is 18.6 Å². The lowest BCUT2D eigenvalue weighted by molar-refractivity contribution is -0.154. The van der Waals surface area contributed by atoms with Gasteiger partial charge >= 0.3 is 14.7 Å². The van der Waals surface area contributed by atoms with E-state index in [1.165, 1.54) is 0 Å². The van der Waals surface area contributed by atoms with Crippen LogP contribution in [0, 0.1) is 0 Å². The first-order valence-corrected chi connectivity index (χ1v) is 7.90. The van der Waals surface area contributed by atoms with Gasteiger partial charge in [0.25, 0.3) is 0 Å². The van der Waals surface area contributed by atoms with E-state index < -0.39 is 20.3 Å². The van der Waals surface area contributed by atoms with Gasteiger partial charge in [-0.15, -0.1) is 4.52 Å². The lowest BCUT2D eigenvalue weighted by atomic mass is 9.86. The van der Waals surface area contributed by atoms with Gasteiger partial charge in [0.2, 0.25) is 0 Å². The molecule has 0 N–H and O–H groups in total. The second kappa shape index (κ2) is 7.82. The molecule has 0 radical (unpaired) electrons. The van der Waals surface area contributed by atoms with E-state index in [1.807, 2.05) is 60.7 Å². The molecule has 0 aliphatic carbocycles. The molecular weight excluding hydrogens is 311 g/mol. The molecule has 0 aliphatic heterocycles. The average molecular weight is 329 g/mol. The number of ether oxygens (including phenoxy) is 1. The summed E-state index contributed by atoms with van der Waals surface area (Å²) in [6, 6.07) is 18.5. The molecule has 4 nitrogen and oxygen atoms in total. The fourth-order valence-electron chi connectivity index (χ4n) is 2.27. The minimum absolute atomic E-state index is 0.0536. The summed E-state index contributed by atoms with van der Waals surface area (Å²) < 4.78 is 21.8. The predicted molar refractivity (Wildman–Crippen MR) is 89.5 cm³/mol. The van der Waals surface area contributed by atoms with E-state index in [0.29, 0.717) is 0 Å². The van der Waals surface area contributed by atoms with Crippen LogP contribution in [0.5, 0.6) is 0 Å². The van der Waals surface area contributed by atoms with Crippen molar-refractivity contribution in [2.45, 2.75) is 12.5 Å². The number of carbonyl (C=O) groups is 1. The summed E-state index contributed by atoms with van der Waals surface area (Å²) in [5.41, 5.74) is 0.569. The first kappa shape index (κ1) is 17.1. The molecule has 118 valence electrons. The van der Waals surface area contributed by atoms with Crippen molar-refractivity contribution in [2.24, 2.45) is 0 Å². The number of rotatable bonds is 7. The maximum atomic E-state index is 12.2. The van der Waals surface area contributed by atoms with E-state index in [-0.39, 0.29) is 12.2 Å². The highest BCUT2D eigenvalue weighted by atomic mass is 31.1. The van der Waals surface area contributed by atoms with Gasteiger partial charge in [0.05, 0.1) is 0 Å². The monoisotopic (exact) mass is 329 g/mol. The largest absolute Gasteiger partial charge is 0.494 e. The van der Waals surface area contributed by atoms with Gasteiger partial charge in [-0.05, 0) is 11.5 Å². The SMILES string of the molecule is C=C(C)C(=O)OC(CO[PH+]=O)(c1ccccc1)c1ccccc1. The van der Waals surface area contributed by atoms with E-state index in [9.17, 15) is 9.36 Å². The Morgan fingerprint density at radius 2 is 1.52 bits per heavy atom. The van der Waals surface area contributed by atoms with Crippen molar-refractivity contribution in [3.05, 3.63) is 83.9 Å². The van der Waals surface area contributed by atoms with Crippen LogP contribution in [0.2, 0.25) is 0 Å². The summed E-state index contributed by atoms with van der Waals surface area (Å²) in [5.74, 6) is -0.532. The Hall–Kier alpha value is -2.29. The molecule has 23 heavy (non-hydrogen) atoms. The van der Waals surface area contributed by atoms with Crippen molar-refractivity contribution in [1.82, 2.24) is 0 Å². The van der Waals surface area contributed by atoms with Gasteiger partial charge in [-0.2, -0.15) is 0 Å². The lowest BCUT2D eigenvalue weighted by Gasteiger charge is -2.32. The van der Waals surface area contributed by atoms with Crippen LogP contribution in [0.15, 0.2) is 72.8 Å². The van der Waals surface area contributed by atoms with Crippen molar-refractivity contribution in [3.8, 4) is 0 Å². The highest BCUT2D eigenvalue weighted by molar-refractivity contribution is 7.17. The molecule has 0 aliphatic rings. The molecule has 0 aromatic heterocycles. The highest BCUT2D eigenvalue weighted by Gasteiger charge is 2.40. The Bertz CT molecular complexity index is 643. The Morgan fingerprint density at radius 1 is 1.04 bits per heavy atom. The van der Waals surface area contributed by atoms with Crippen LogP contribution in [0.25, 0.3) is 0 Å². The fraction of sp³-hybridized carbons (Fsp3) is 0.167. The molecule has 0 fully saturated rings. The molecule has 2 aromatic carbocycles. The van der Waals surface area contributed by atoms with Crippen molar-refractivity contribution in [2.75, 3.05) is 6.61 Å². The Balaban J connectivity index is 2.60. The lowest BCUT2D eigenvalue weighted by Crippen LogP contribution is -2.38. The third-order valence-corrected chi connectivity index (χ3v) is 3.69. The second-order valence-corrected chi connectivity index (χ2v) is 5.56. The number of benzene rings is 2. The third-order valence-electron chi connectivity index (χ3n) is 3.43. The molecule has 1 atom stereocenters. The highest BCUT2D eigenvalue weighted by Crippen LogP contribution is 2.35. The number of esters is 1. The number of hydrogen-bond acceptors (Lipinski definition) is 4. The topological polar surface area (TPSA) is 52.6 Å². The molecule has 0 spiro atoms. The van der Waals surface area contributed by atoms with E-state index in [2.05, 4.69) is 6.58 Å². The standard InChI is InChI=1S/C18H18O4P/c1-14(2)17(19)22-18(13-21-23-20,15-9-5-3-6-10-15)16-11-7-4-8-12-16/h3-12,23H,1,13H2,2H3/q+1. The van der Waals surface area contributed by atoms with Gasteiger partial charge in [0, 0.05) is 16.7 Å². The van der Waals surface area contributed by atoms with Crippen LogP contribution in [-0.2, 0) is 24.2 Å². The maximum absolute atomic E-state index is 12.2. The van der Waals surface area contributed by atoms with Gasteiger partial charge in [-0.25, -0.2) is 4.79 Å². The molecule has 0 amide bonds. The van der Waals surface area contributed by atoms with Gasteiger partial charge < -0.3 is 4.74 Å². The normalized spacial score (nSPS) is 11.2. The van der Waals surface area contributed by atoms with Crippen molar-refractivity contribution >= 4 is 14.7 Å². The van der Waals surface area contributed by atoms with Gasteiger partial charge in [0.1, 0.15) is 0 Å². The van der Waals surface area contributed by atoms with Crippen LogP contribution < -0.4 is 0 Å². The van der Waals surface area contributed by atoms with Crippen LogP contribution in [-0.4, -0.2) is 12.6 Å². The van der Waals surface area contributed by atoms with E-state index >= 15 is 0 Å². The molecule has 2 rings (SSSR count). The molecule has 0 saturated heterocycles. The number of hydrogen-bond donors (Lipinski definition) is 0. The van der Waals surface area contributed by atoms with Gasteiger partial charge in [-0.3, -0.25) is 0 Å². The molecular formula is C18H18O4P+. The van der Waals surface area contributed by atoms with Crippen molar-refractivity contribution in [1.29, 1.82) is 0 Å². The third kappa shape index (κ3) is 3.92. The van der Waals surface area contributed by atoms with E-state index in [4.69, 9.17) is 9.26 Å². The summed E-state index contributed by atoms with van der Waals surface area (Å²) in [6.45, 7) is 5.16. The first-order valence-electron chi connectivity index (χ1n) is 7.09. The summed E-state index contributed by atoms with van der Waals surface area (Å²) in [5, 5.41) is 0. The van der Waals surface area contributed by atoms with Crippen LogP contribution in [0.3, 0.4) is 0 Å². The number of carbonyl (C=O) groups excluding carboxylic acids is 1. The average Bonchev–Trinajstić information content (AvgIpc) is 2.60. The fourth-order valence-corrected chi connectivity index (χ4v) is 2.53. The van der Waals surface area contributed by atoms with E-state index in [0.717, 1.165) is 11.1 Å². The van der Waals surface area contributed by atoms with Crippen LogP contribution in [0.4, 0.5) is 0 Å². The molecule has 0 saturated carbocycles. The van der Waals surface area contributed by atoms with Crippen molar-refractivity contribution in [3.63, 3.8) is 0 Å². The maximum Gasteiger partial charge on any atom is 0.494 e. The zero-order valence-corrected chi connectivity index (χ0v) is 13.8. The van der Waals surface area contributed by atoms with E-state index in [1.54, 1.807) is 6.92 Å². The van der Waals surface area contributed by atoms with Gasteiger partial charge in [0.15, 0.2) is 12.2 Å². The Labute approximate surface area is 137 Å². The predicted octanol–water partition coefficient (Wildman–Crippen LogP) is 4.01. The molecule has 0 bridgehead atoms. The minimum Gasteiger partial charge on any atom is -0.443 e. The quantitative estimate of drug-likeness (QED) is 0.438.